The summed E-state index contributed by atoms with van der Waals surface area (Å²) in [6.07, 6.45) is 2.91. The molecule has 1 aliphatic rings. The lowest BCUT2D eigenvalue weighted by Gasteiger charge is -2.25. The minimum atomic E-state index is 0.583. The standard InChI is InChI=1S/C13H17NO/c1-2-7-15-10-11-8-12-5-3-4-6-13(12)14-9-11/h2-6,11,14H,1,7-10H2. The lowest BCUT2D eigenvalue weighted by molar-refractivity contribution is 0.126. The lowest BCUT2D eigenvalue weighted by Crippen LogP contribution is -2.26. The Morgan fingerprint density at radius 2 is 2.33 bits per heavy atom. The third-order valence-corrected chi connectivity index (χ3v) is 2.70. The molecule has 0 spiro atoms. The van der Waals surface area contributed by atoms with E-state index >= 15 is 0 Å². The molecule has 0 saturated carbocycles. The number of fused-ring (bicyclic) bond motifs is 1. The van der Waals surface area contributed by atoms with Crippen LogP contribution in [-0.4, -0.2) is 19.8 Å². The summed E-state index contributed by atoms with van der Waals surface area (Å²) in [6.45, 7) is 6.11. The summed E-state index contributed by atoms with van der Waals surface area (Å²) < 4.78 is 5.48. The topological polar surface area (TPSA) is 21.3 Å². The first-order chi connectivity index (χ1) is 7.40. The number of para-hydroxylation sites is 1. The minimum absolute atomic E-state index is 0.583. The second-order valence-corrected chi connectivity index (χ2v) is 3.93. The molecule has 2 heteroatoms. The number of hydrogen-bond acceptors (Lipinski definition) is 2. The number of nitrogens with one attached hydrogen (secondary N) is 1. The SMILES string of the molecule is C=CCOCC1CNc2ccccc2C1. The van der Waals surface area contributed by atoms with E-state index in [1.54, 1.807) is 6.08 Å². The lowest BCUT2D eigenvalue weighted by atomic mass is 9.95. The van der Waals surface area contributed by atoms with Crippen molar-refractivity contribution in [2.75, 3.05) is 25.1 Å². The molecular weight excluding hydrogens is 186 g/mol. The smallest absolute Gasteiger partial charge is 0.0644 e. The van der Waals surface area contributed by atoms with Crippen molar-refractivity contribution in [1.29, 1.82) is 0 Å². The van der Waals surface area contributed by atoms with Crippen LogP contribution in [-0.2, 0) is 11.2 Å². The van der Waals surface area contributed by atoms with Crippen LogP contribution >= 0.6 is 0 Å². The highest BCUT2D eigenvalue weighted by atomic mass is 16.5. The van der Waals surface area contributed by atoms with Gasteiger partial charge in [-0.15, -0.1) is 6.58 Å². The van der Waals surface area contributed by atoms with Crippen LogP contribution in [0.5, 0.6) is 0 Å². The molecule has 0 saturated heterocycles. The largest absolute Gasteiger partial charge is 0.384 e. The predicted molar refractivity (Wildman–Crippen MR) is 63.1 cm³/mol. The normalized spacial score (nSPS) is 19.1. The monoisotopic (exact) mass is 203 g/mol. The maximum absolute atomic E-state index is 5.48. The molecule has 2 nitrogen and oxygen atoms in total. The van der Waals surface area contributed by atoms with Crippen molar-refractivity contribution < 1.29 is 4.74 Å². The fourth-order valence-electron chi connectivity index (χ4n) is 1.94. The third-order valence-electron chi connectivity index (χ3n) is 2.70. The Hall–Kier alpha value is -1.28. The highest BCUT2D eigenvalue weighted by molar-refractivity contribution is 5.53. The van der Waals surface area contributed by atoms with Gasteiger partial charge < -0.3 is 10.1 Å². The zero-order valence-electron chi connectivity index (χ0n) is 8.91. The van der Waals surface area contributed by atoms with Crippen LogP contribution in [0.2, 0.25) is 0 Å². The van der Waals surface area contributed by atoms with Gasteiger partial charge in [0.15, 0.2) is 0 Å². The average Bonchev–Trinajstić information content (AvgIpc) is 2.29. The highest BCUT2D eigenvalue weighted by Gasteiger charge is 2.17. The molecule has 1 heterocycles. The molecule has 1 atom stereocenters. The molecule has 1 N–H and O–H groups in total. The van der Waals surface area contributed by atoms with Crippen molar-refractivity contribution in [3.63, 3.8) is 0 Å². The number of rotatable bonds is 4. The average molecular weight is 203 g/mol. The zero-order chi connectivity index (χ0) is 10.5. The van der Waals surface area contributed by atoms with Crippen LogP contribution in [0.3, 0.4) is 0 Å². The van der Waals surface area contributed by atoms with E-state index in [1.807, 2.05) is 0 Å². The van der Waals surface area contributed by atoms with Gasteiger partial charge >= 0.3 is 0 Å². The van der Waals surface area contributed by atoms with E-state index in [0.717, 1.165) is 19.6 Å². The van der Waals surface area contributed by atoms with Gasteiger partial charge in [-0.1, -0.05) is 24.3 Å². The first kappa shape index (κ1) is 10.2. The van der Waals surface area contributed by atoms with Crippen molar-refractivity contribution in [3.8, 4) is 0 Å². The maximum atomic E-state index is 5.48. The number of ether oxygens (including phenoxy) is 1. The van der Waals surface area contributed by atoms with E-state index in [1.165, 1.54) is 11.3 Å². The van der Waals surface area contributed by atoms with Gasteiger partial charge in [-0.25, -0.2) is 0 Å². The van der Waals surface area contributed by atoms with Crippen LogP contribution in [0.25, 0.3) is 0 Å². The molecule has 80 valence electrons. The molecule has 0 bridgehead atoms. The molecule has 1 aromatic carbocycles. The van der Waals surface area contributed by atoms with Gasteiger partial charge in [0.25, 0.3) is 0 Å². The van der Waals surface area contributed by atoms with E-state index in [2.05, 4.69) is 36.2 Å². The Kier molecular flexibility index (Phi) is 3.41. The molecule has 15 heavy (non-hydrogen) atoms. The molecule has 0 amide bonds. The molecule has 1 unspecified atom stereocenters. The van der Waals surface area contributed by atoms with Gasteiger partial charge in [-0.05, 0) is 18.1 Å². The second-order valence-electron chi connectivity index (χ2n) is 3.93. The van der Waals surface area contributed by atoms with Crippen molar-refractivity contribution in [2.24, 2.45) is 5.92 Å². The Balaban J connectivity index is 1.91. The Labute approximate surface area is 91.0 Å². The van der Waals surface area contributed by atoms with Crippen molar-refractivity contribution in [2.45, 2.75) is 6.42 Å². The van der Waals surface area contributed by atoms with E-state index < -0.39 is 0 Å². The Morgan fingerprint density at radius 3 is 3.20 bits per heavy atom. The van der Waals surface area contributed by atoms with E-state index in [0.29, 0.717) is 12.5 Å². The summed E-state index contributed by atoms with van der Waals surface area (Å²) in [4.78, 5) is 0. The number of hydrogen-bond donors (Lipinski definition) is 1. The van der Waals surface area contributed by atoms with E-state index in [-0.39, 0.29) is 0 Å². The van der Waals surface area contributed by atoms with Gasteiger partial charge in [0.1, 0.15) is 0 Å². The van der Waals surface area contributed by atoms with E-state index in [4.69, 9.17) is 4.74 Å². The summed E-state index contributed by atoms with van der Waals surface area (Å²) in [5.41, 5.74) is 2.67. The first-order valence-electron chi connectivity index (χ1n) is 5.40. The summed E-state index contributed by atoms with van der Waals surface area (Å²) >= 11 is 0. The molecule has 0 aromatic heterocycles. The van der Waals surface area contributed by atoms with Gasteiger partial charge in [0, 0.05) is 18.2 Å². The van der Waals surface area contributed by atoms with Crippen LogP contribution < -0.4 is 5.32 Å². The van der Waals surface area contributed by atoms with Crippen LogP contribution in [0.4, 0.5) is 5.69 Å². The summed E-state index contributed by atoms with van der Waals surface area (Å²) in [5, 5.41) is 3.43. The summed E-state index contributed by atoms with van der Waals surface area (Å²) in [7, 11) is 0. The molecule has 2 rings (SSSR count). The molecule has 0 aliphatic carbocycles. The minimum Gasteiger partial charge on any atom is -0.384 e. The van der Waals surface area contributed by atoms with Gasteiger partial charge in [-0.2, -0.15) is 0 Å². The van der Waals surface area contributed by atoms with Gasteiger partial charge in [-0.3, -0.25) is 0 Å². The quantitative estimate of drug-likeness (QED) is 0.599. The highest BCUT2D eigenvalue weighted by Crippen LogP contribution is 2.24. The predicted octanol–water partition coefficient (Wildman–Crippen LogP) is 2.47. The van der Waals surface area contributed by atoms with Gasteiger partial charge in [0.2, 0.25) is 0 Å². The van der Waals surface area contributed by atoms with Crippen molar-refractivity contribution in [3.05, 3.63) is 42.5 Å². The molecule has 1 aliphatic heterocycles. The fraction of sp³-hybridized carbons (Fsp3) is 0.385. The zero-order valence-corrected chi connectivity index (χ0v) is 8.91. The molecule has 0 radical (unpaired) electrons. The first-order valence-corrected chi connectivity index (χ1v) is 5.40. The molecule has 0 fully saturated rings. The molecule has 1 aromatic rings. The number of benzene rings is 1. The van der Waals surface area contributed by atoms with Crippen LogP contribution in [0.1, 0.15) is 5.56 Å². The van der Waals surface area contributed by atoms with Crippen molar-refractivity contribution in [1.82, 2.24) is 0 Å². The van der Waals surface area contributed by atoms with E-state index in [9.17, 15) is 0 Å². The van der Waals surface area contributed by atoms with Gasteiger partial charge in [0.05, 0.1) is 13.2 Å². The van der Waals surface area contributed by atoms with Crippen LogP contribution in [0, 0.1) is 5.92 Å². The third kappa shape index (κ3) is 2.60. The second kappa shape index (κ2) is 4.99. The molecular formula is C13H17NO. The maximum Gasteiger partial charge on any atom is 0.0644 e. The summed E-state index contributed by atoms with van der Waals surface area (Å²) in [6, 6.07) is 8.48. The van der Waals surface area contributed by atoms with Crippen LogP contribution in [0.15, 0.2) is 36.9 Å². The number of anilines is 1. The Morgan fingerprint density at radius 1 is 1.47 bits per heavy atom. The summed E-state index contributed by atoms with van der Waals surface area (Å²) in [5.74, 6) is 0.583. The Bertz CT molecular complexity index is 335. The fourth-order valence-corrected chi connectivity index (χ4v) is 1.94. The van der Waals surface area contributed by atoms with Crippen molar-refractivity contribution >= 4 is 5.69 Å².